The molecule has 5 rings (SSSR count). The summed E-state index contributed by atoms with van der Waals surface area (Å²) in [5.74, 6) is 2.87. The number of ether oxygens (including phenoxy) is 7. The van der Waals surface area contributed by atoms with E-state index in [9.17, 15) is 0 Å². The Morgan fingerprint density at radius 1 is 0.569 bits per heavy atom. The molecule has 16 nitrogen and oxygen atoms in total. The Kier molecular flexibility index (Phi) is 16.4. The summed E-state index contributed by atoms with van der Waals surface area (Å²) in [5.41, 5.74) is 1.49. The Labute approximate surface area is 303 Å². The first-order chi connectivity index (χ1) is 25.1. The molecule has 3 saturated heterocycles. The predicted molar refractivity (Wildman–Crippen MR) is 198 cm³/mol. The van der Waals surface area contributed by atoms with E-state index in [1.165, 1.54) is 0 Å². The summed E-state index contributed by atoms with van der Waals surface area (Å²) < 4.78 is 39.6. The van der Waals surface area contributed by atoms with Crippen LogP contribution in [0.1, 0.15) is 25.7 Å². The Morgan fingerprint density at radius 2 is 1.00 bits per heavy atom. The number of morpholine rings is 1. The molecule has 0 spiro atoms. The van der Waals surface area contributed by atoms with Crippen molar-refractivity contribution < 1.29 is 33.2 Å². The van der Waals surface area contributed by atoms with Gasteiger partial charge in [0.15, 0.2) is 11.6 Å². The van der Waals surface area contributed by atoms with Gasteiger partial charge in [0.1, 0.15) is 11.0 Å². The van der Waals surface area contributed by atoms with Gasteiger partial charge in [-0.05, 0) is 25.7 Å². The molecule has 0 unspecified atom stereocenters. The molecule has 0 radical (unpaired) electrons. The molecule has 2 aromatic heterocycles. The van der Waals surface area contributed by atoms with Crippen LogP contribution in [0.25, 0.3) is 11.0 Å². The minimum Gasteiger partial charge on any atom is -0.383 e. The highest BCUT2D eigenvalue weighted by atomic mass is 16.5. The lowest BCUT2D eigenvalue weighted by molar-refractivity contribution is 0.0211. The van der Waals surface area contributed by atoms with Crippen molar-refractivity contribution in [3.8, 4) is 0 Å². The molecule has 5 heterocycles. The zero-order chi connectivity index (χ0) is 35.8. The van der Waals surface area contributed by atoms with Crippen molar-refractivity contribution in [2.75, 3.05) is 173 Å². The molecule has 0 N–H and O–H groups in total. The number of anilines is 4. The maximum atomic E-state index is 6.16. The second-order valence-electron chi connectivity index (χ2n) is 13.3. The SMILES string of the molecule is COCCN(CCOC)c1nc(N2CCC(OC)CC2)c2nc(N(CCOC)CCOCCN3CCOCC3)nc(N3CCC(OC)CC3)c2n1. The third-order valence-corrected chi connectivity index (χ3v) is 10.1. The summed E-state index contributed by atoms with van der Waals surface area (Å²) in [6, 6.07) is 0. The van der Waals surface area contributed by atoms with Gasteiger partial charge in [-0.3, -0.25) is 4.90 Å². The largest absolute Gasteiger partial charge is 0.383 e. The van der Waals surface area contributed by atoms with Gasteiger partial charge in [-0.25, -0.2) is 9.97 Å². The zero-order valence-electron chi connectivity index (χ0n) is 31.6. The monoisotopic (exact) mass is 719 g/mol. The van der Waals surface area contributed by atoms with E-state index in [1.807, 2.05) is 0 Å². The molecule has 0 atom stereocenters. The van der Waals surface area contributed by atoms with Gasteiger partial charge in [-0.1, -0.05) is 0 Å². The fraction of sp³-hybridized carbons (Fsp3) is 0.829. The number of nitrogens with zero attached hydrogens (tertiary/aromatic N) is 9. The highest BCUT2D eigenvalue weighted by Gasteiger charge is 2.30. The van der Waals surface area contributed by atoms with E-state index < -0.39 is 0 Å². The van der Waals surface area contributed by atoms with Crippen molar-refractivity contribution in [1.82, 2.24) is 24.8 Å². The van der Waals surface area contributed by atoms with Crippen molar-refractivity contribution >= 4 is 34.6 Å². The van der Waals surface area contributed by atoms with Gasteiger partial charge >= 0.3 is 0 Å². The third kappa shape index (κ3) is 11.2. The predicted octanol–water partition coefficient (Wildman–Crippen LogP) is 1.55. The lowest BCUT2D eigenvalue weighted by atomic mass is 10.1. The molecule has 3 aliphatic rings. The number of hydrogen-bond donors (Lipinski definition) is 0. The van der Waals surface area contributed by atoms with Crippen LogP contribution >= 0.6 is 0 Å². The molecular weight excluding hydrogens is 658 g/mol. The molecule has 0 bridgehead atoms. The van der Waals surface area contributed by atoms with E-state index >= 15 is 0 Å². The van der Waals surface area contributed by atoms with E-state index in [1.54, 1.807) is 35.5 Å². The molecule has 0 saturated carbocycles. The van der Waals surface area contributed by atoms with Crippen LogP contribution in [0.15, 0.2) is 0 Å². The van der Waals surface area contributed by atoms with Crippen LogP contribution in [-0.2, 0) is 33.2 Å². The Bertz CT molecular complexity index is 1280. The third-order valence-electron chi connectivity index (χ3n) is 10.1. The Morgan fingerprint density at radius 3 is 1.41 bits per heavy atom. The highest BCUT2D eigenvalue weighted by Crippen LogP contribution is 2.35. The van der Waals surface area contributed by atoms with Gasteiger partial charge in [0.2, 0.25) is 11.9 Å². The molecule has 3 fully saturated rings. The van der Waals surface area contributed by atoms with Crippen LogP contribution in [-0.4, -0.2) is 191 Å². The van der Waals surface area contributed by atoms with E-state index in [4.69, 9.17) is 53.1 Å². The van der Waals surface area contributed by atoms with Gasteiger partial charge in [0, 0.05) is 108 Å². The number of aromatic nitrogens is 4. The van der Waals surface area contributed by atoms with Crippen LogP contribution < -0.4 is 19.6 Å². The van der Waals surface area contributed by atoms with Gasteiger partial charge in [-0.15, -0.1) is 0 Å². The van der Waals surface area contributed by atoms with Crippen molar-refractivity contribution in [3.05, 3.63) is 0 Å². The fourth-order valence-electron chi connectivity index (χ4n) is 6.82. The lowest BCUT2D eigenvalue weighted by Crippen LogP contribution is -2.40. The lowest BCUT2D eigenvalue weighted by Gasteiger charge is -2.35. The highest BCUT2D eigenvalue weighted by molar-refractivity contribution is 5.95. The molecule has 0 amide bonds. The number of hydrogen-bond acceptors (Lipinski definition) is 16. The van der Waals surface area contributed by atoms with Gasteiger partial charge < -0.3 is 52.8 Å². The van der Waals surface area contributed by atoms with E-state index in [-0.39, 0.29) is 12.2 Å². The molecule has 16 heteroatoms. The van der Waals surface area contributed by atoms with E-state index in [0.29, 0.717) is 71.1 Å². The Balaban J connectivity index is 1.53. The van der Waals surface area contributed by atoms with Crippen LogP contribution in [0.5, 0.6) is 0 Å². The average Bonchev–Trinajstić information content (AvgIpc) is 3.18. The van der Waals surface area contributed by atoms with Gasteiger partial charge in [0.05, 0.1) is 58.5 Å². The van der Waals surface area contributed by atoms with Crippen molar-refractivity contribution in [2.24, 2.45) is 0 Å². The Hall–Kier alpha value is -2.70. The summed E-state index contributed by atoms with van der Waals surface area (Å²) in [4.78, 5) is 32.5. The first kappa shape index (κ1) is 39.5. The number of piperidine rings is 2. The minimum absolute atomic E-state index is 0.225. The molecule has 0 aliphatic carbocycles. The van der Waals surface area contributed by atoms with Crippen molar-refractivity contribution in [3.63, 3.8) is 0 Å². The minimum atomic E-state index is 0.225. The first-order valence-corrected chi connectivity index (χ1v) is 18.6. The molecule has 288 valence electrons. The fourth-order valence-corrected chi connectivity index (χ4v) is 6.82. The van der Waals surface area contributed by atoms with Crippen LogP contribution in [0, 0.1) is 0 Å². The second-order valence-corrected chi connectivity index (χ2v) is 13.3. The maximum Gasteiger partial charge on any atom is 0.228 e. The van der Waals surface area contributed by atoms with Gasteiger partial charge in [-0.2, -0.15) is 9.97 Å². The number of fused-ring (bicyclic) bond motifs is 1. The molecule has 51 heavy (non-hydrogen) atoms. The topological polar surface area (TPSA) is 132 Å². The molecular formula is C35H61N9O7. The smallest absolute Gasteiger partial charge is 0.228 e. The number of rotatable bonds is 21. The summed E-state index contributed by atoms with van der Waals surface area (Å²) >= 11 is 0. The standard InChI is InChI=1S/C35H61N9O7/c1-45-21-17-43(18-22-46-2)34-36-30-31(32(38-34)41-10-6-28(48-4)7-11-41)37-35(39-33(30)42-12-8-29(49-5)9-13-42)44(19-23-47-3)20-27-51-26-16-40-14-24-50-25-15-40/h28-29H,6-27H2,1-5H3. The first-order valence-electron chi connectivity index (χ1n) is 18.6. The second kappa shape index (κ2) is 21.1. The van der Waals surface area contributed by atoms with Crippen LogP contribution in [0.4, 0.5) is 23.5 Å². The molecule has 3 aliphatic heterocycles. The summed E-state index contributed by atoms with van der Waals surface area (Å²) in [6.07, 6.45) is 4.08. The summed E-state index contributed by atoms with van der Waals surface area (Å²) in [7, 11) is 8.73. The van der Waals surface area contributed by atoms with Crippen molar-refractivity contribution in [1.29, 1.82) is 0 Å². The molecule has 2 aromatic rings. The van der Waals surface area contributed by atoms with Gasteiger partial charge in [0.25, 0.3) is 0 Å². The van der Waals surface area contributed by atoms with Crippen molar-refractivity contribution in [2.45, 2.75) is 37.9 Å². The summed E-state index contributed by atoms with van der Waals surface area (Å²) in [6.45, 7) is 12.9. The van der Waals surface area contributed by atoms with Crippen LogP contribution in [0.3, 0.4) is 0 Å². The summed E-state index contributed by atoms with van der Waals surface area (Å²) in [5, 5.41) is 0. The maximum absolute atomic E-state index is 6.16. The molecule has 0 aromatic carbocycles. The average molecular weight is 720 g/mol. The quantitative estimate of drug-likeness (QED) is 0.173. The van der Waals surface area contributed by atoms with E-state index in [2.05, 4.69) is 24.5 Å². The van der Waals surface area contributed by atoms with Crippen LogP contribution in [0.2, 0.25) is 0 Å². The number of methoxy groups -OCH3 is 5. The normalized spacial score (nSPS) is 18.2. The van der Waals surface area contributed by atoms with E-state index in [0.717, 1.165) is 107 Å². The zero-order valence-corrected chi connectivity index (χ0v) is 31.6.